The zero-order valence-corrected chi connectivity index (χ0v) is 22.7. The normalized spacial score (nSPS) is 22.1. The highest BCUT2D eigenvalue weighted by molar-refractivity contribution is 6.03. The third-order valence-corrected chi connectivity index (χ3v) is 7.91. The average molecular weight is 533 g/mol. The van der Waals surface area contributed by atoms with Gasteiger partial charge in [0.2, 0.25) is 0 Å². The van der Waals surface area contributed by atoms with Gasteiger partial charge >= 0.3 is 12.0 Å². The van der Waals surface area contributed by atoms with E-state index in [9.17, 15) is 19.5 Å². The van der Waals surface area contributed by atoms with Gasteiger partial charge in [-0.05, 0) is 49.6 Å². The Kier molecular flexibility index (Phi) is 7.26. The van der Waals surface area contributed by atoms with Gasteiger partial charge in [-0.1, -0.05) is 103 Å². The van der Waals surface area contributed by atoms with E-state index >= 15 is 0 Å². The van der Waals surface area contributed by atoms with Gasteiger partial charge in [0, 0.05) is 17.2 Å². The molecule has 0 aliphatic carbocycles. The number of nitrogens with one attached hydrogen (secondary N) is 1. The van der Waals surface area contributed by atoms with Gasteiger partial charge in [0.1, 0.15) is 5.54 Å². The lowest BCUT2D eigenvalue weighted by atomic mass is 9.71. The number of hydrogen-bond donors (Lipinski definition) is 2. The molecule has 4 aromatic rings. The van der Waals surface area contributed by atoms with Crippen molar-refractivity contribution in [2.24, 2.45) is 5.92 Å². The van der Waals surface area contributed by atoms with Crippen LogP contribution in [-0.4, -0.2) is 33.3 Å². The third kappa shape index (κ3) is 4.77. The van der Waals surface area contributed by atoms with Crippen LogP contribution in [0.5, 0.6) is 0 Å². The van der Waals surface area contributed by atoms with Gasteiger partial charge in [-0.25, -0.2) is 9.59 Å². The predicted octanol–water partition coefficient (Wildman–Crippen LogP) is 7.02. The summed E-state index contributed by atoms with van der Waals surface area (Å²) in [6.07, 6.45) is 0. The minimum atomic E-state index is -1.75. The number of rotatable bonds is 6. The second-order valence-corrected chi connectivity index (χ2v) is 10.6. The SMILES string of the molecule is Cc1cccc(NC(=O)N2C(c3cccc(C)c3)C(C(=O)c3ccccc3)C(c3ccccc3)C2(C)C(=O)O)c1. The maximum Gasteiger partial charge on any atom is 0.330 e. The van der Waals surface area contributed by atoms with E-state index in [4.69, 9.17) is 0 Å². The van der Waals surface area contributed by atoms with Gasteiger partial charge in [0.25, 0.3) is 0 Å². The van der Waals surface area contributed by atoms with Crippen LogP contribution in [0.15, 0.2) is 109 Å². The zero-order chi connectivity index (χ0) is 28.4. The molecule has 6 nitrogen and oxygen atoms in total. The van der Waals surface area contributed by atoms with E-state index in [1.807, 2.05) is 92.7 Å². The number of likely N-dealkylation sites (tertiary alicyclic amines) is 1. The number of aliphatic carboxylic acids is 1. The molecule has 1 fully saturated rings. The summed E-state index contributed by atoms with van der Waals surface area (Å²) < 4.78 is 0. The Bertz CT molecular complexity index is 1550. The van der Waals surface area contributed by atoms with Crippen molar-refractivity contribution >= 4 is 23.5 Å². The summed E-state index contributed by atoms with van der Waals surface area (Å²) in [7, 11) is 0. The molecule has 202 valence electrons. The van der Waals surface area contributed by atoms with E-state index in [-0.39, 0.29) is 5.78 Å². The Morgan fingerprint density at radius 1 is 0.750 bits per heavy atom. The minimum absolute atomic E-state index is 0.209. The number of nitrogens with zero attached hydrogens (tertiary/aromatic N) is 1. The van der Waals surface area contributed by atoms with Crippen LogP contribution in [0, 0.1) is 19.8 Å². The maximum atomic E-state index is 14.4. The van der Waals surface area contributed by atoms with Crippen molar-refractivity contribution in [1.82, 2.24) is 4.90 Å². The van der Waals surface area contributed by atoms with Crippen LogP contribution in [0.4, 0.5) is 10.5 Å². The van der Waals surface area contributed by atoms with Crippen LogP contribution < -0.4 is 5.32 Å². The minimum Gasteiger partial charge on any atom is -0.479 e. The Labute approximate surface area is 234 Å². The quantitative estimate of drug-likeness (QED) is 0.261. The van der Waals surface area contributed by atoms with Crippen LogP contribution in [0.3, 0.4) is 0 Å². The molecule has 0 radical (unpaired) electrons. The van der Waals surface area contributed by atoms with Crippen molar-refractivity contribution in [2.75, 3.05) is 5.32 Å². The summed E-state index contributed by atoms with van der Waals surface area (Å²) in [5, 5.41) is 13.8. The number of carbonyl (C=O) groups is 3. The summed E-state index contributed by atoms with van der Waals surface area (Å²) in [6, 6.07) is 31.6. The van der Waals surface area contributed by atoms with E-state index in [0.717, 1.165) is 11.1 Å². The van der Waals surface area contributed by atoms with Crippen molar-refractivity contribution in [1.29, 1.82) is 0 Å². The molecule has 5 rings (SSSR count). The van der Waals surface area contributed by atoms with E-state index in [2.05, 4.69) is 5.32 Å². The molecule has 4 unspecified atom stereocenters. The molecule has 4 aromatic carbocycles. The van der Waals surface area contributed by atoms with Crippen LogP contribution in [-0.2, 0) is 4.79 Å². The first-order chi connectivity index (χ1) is 19.2. The van der Waals surface area contributed by atoms with Gasteiger partial charge in [0.05, 0.1) is 12.0 Å². The van der Waals surface area contributed by atoms with Gasteiger partial charge in [-0.3, -0.25) is 9.69 Å². The number of anilines is 1. The molecule has 2 N–H and O–H groups in total. The number of carboxylic acids is 1. The molecule has 1 saturated heterocycles. The first-order valence-corrected chi connectivity index (χ1v) is 13.3. The summed E-state index contributed by atoms with van der Waals surface area (Å²) in [4.78, 5) is 43.4. The third-order valence-electron chi connectivity index (χ3n) is 7.91. The molecule has 0 bridgehead atoms. The van der Waals surface area contributed by atoms with Crippen molar-refractivity contribution in [3.05, 3.63) is 137 Å². The smallest absolute Gasteiger partial charge is 0.330 e. The molecule has 0 saturated carbocycles. The van der Waals surface area contributed by atoms with Crippen LogP contribution in [0.1, 0.15) is 51.5 Å². The number of urea groups is 1. The second kappa shape index (κ2) is 10.8. The van der Waals surface area contributed by atoms with Crippen LogP contribution >= 0.6 is 0 Å². The van der Waals surface area contributed by atoms with Crippen LogP contribution in [0.2, 0.25) is 0 Å². The Morgan fingerprint density at radius 3 is 1.93 bits per heavy atom. The molecule has 1 aliphatic rings. The summed E-state index contributed by atoms with van der Waals surface area (Å²) in [5.74, 6) is -3.08. The topological polar surface area (TPSA) is 86.7 Å². The molecule has 1 aliphatic heterocycles. The van der Waals surface area contributed by atoms with Gasteiger partial charge < -0.3 is 10.4 Å². The fourth-order valence-corrected chi connectivity index (χ4v) is 6.10. The van der Waals surface area contributed by atoms with Crippen LogP contribution in [0.25, 0.3) is 0 Å². The first kappa shape index (κ1) is 26.9. The van der Waals surface area contributed by atoms with Crippen molar-refractivity contribution < 1.29 is 19.5 Å². The highest BCUT2D eigenvalue weighted by Crippen LogP contribution is 2.56. The Balaban J connectivity index is 1.77. The number of carboxylic acid groups (broad SMARTS) is 1. The van der Waals surface area contributed by atoms with E-state index < -0.39 is 35.4 Å². The number of ketones is 1. The van der Waals surface area contributed by atoms with Crippen molar-refractivity contribution in [2.45, 2.75) is 38.3 Å². The largest absolute Gasteiger partial charge is 0.479 e. The molecule has 0 spiro atoms. The summed E-state index contributed by atoms with van der Waals surface area (Å²) in [6.45, 7) is 5.42. The molecule has 2 amide bonds. The van der Waals surface area contributed by atoms with E-state index in [1.165, 1.54) is 4.90 Å². The van der Waals surface area contributed by atoms with Crippen molar-refractivity contribution in [3.8, 4) is 0 Å². The zero-order valence-electron chi connectivity index (χ0n) is 22.7. The number of carbonyl (C=O) groups excluding carboxylic acids is 2. The fourth-order valence-electron chi connectivity index (χ4n) is 6.10. The highest BCUT2D eigenvalue weighted by atomic mass is 16.4. The van der Waals surface area contributed by atoms with Gasteiger partial charge in [-0.2, -0.15) is 0 Å². The summed E-state index contributed by atoms with van der Waals surface area (Å²) >= 11 is 0. The Morgan fingerprint density at radius 2 is 1.32 bits per heavy atom. The lowest BCUT2D eigenvalue weighted by Crippen LogP contribution is -2.55. The average Bonchev–Trinajstić information content (AvgIpc) is 3.24. The first-order valence-electron chi connectivity index (χ1n) is 13.3. The lowest BCUT2D eigenvalue weighted by Gasteiger charge is -2.37. The standard InChI is InChI=1S/C34H32N2O4/c1-22-12-10-18-26(20-22)30-28(31(37)25-16-8-5-9-17-25)29(24-14-6-4-7-15-24)34(3,32(38)39)36(30)33(40)35-27-19-11-13-23(2)21-27/h4-21,28-30H,1-3H3,(H,35,40)(H,38,39). The lowest BCUT2D eigenvalue weighted by molar-refractivity contribution is -0.148. The second-order valence-electron chi connectivity index (χ2n) is 10.6. The monoisotopic (exact) mass is 532 g/mol. The number of amides is 2. The molecule has 6 heteroatoms. The highest BCUT2D eigenvalue weighted by Gasteiger charge is 2.65. The molecule has 40 heavy (non-hydrogen) atoms. The molecular formula is C34H32N2O4. The fraction of sp³-hybridized carbons (Fsp3) is 0.206. The number of benzene rings is 4. The molecule has 4 atom stereocenters. The predicted molar refractivity (Wildman–Crippen MR) is 155 cm³/mol. The summed E-state index contributed by atoms with van der Waals surface area (Å²) in [5.41, 5.74) is 2.57. The van der Waals surface area contributed by atoms with Crippen molar-refractivity contribution in [3.63, 3.8) is 0 Å². The molecule has 0 aromatic heterocycles. The number of aryl methyl sites for hydroxylation is 2. The van der Waals surface area contributed by atoms with Gasteiger partial charge in [0.15, 0.2) is 5.78 Å². The molecular weight excluding hydrogens is 500 g/mol. The maximum absolute atomic E-state index is 14.4. The Hall–Kier alpha value is -4.71. The number of hydrogen-bond acceptors (Lipinski definition) is 3. The van der Waals surface area contributed by atoms with E-state index in [1.54, 1.807) is 37.3 Å². The van der Waals surface area contributed by atoms with Gasteiger partial charge in [-0.15, -0.1) is 0 Å². The number of Topliss-reactive ketones (excluding diaryl/α,β-unsaturated/α-hetero) is 1. The molecule has 1 heterocycles. The van der Waals surface area contributed by atoms with E-state index in [0.29, 0.717) is 22.4 Å².